The molecule has 0 bridgehead atoms. The number of nitrogens with zero attached hydrogens (tertiary/aromatic N) is 4. The Labute approximate surface area is 268 Å². The van der Waals surface area contributed by atoms with Crippen molar-refractivity contribution in [1.29, 1.82) is 0 Å². The number of aliphatic carboxylic acids is 1. The van der Waals surface area contributed by atoms with Crippen LogP contribution in [0.15, 0.2) is 22.0 Å². The summed E-state index contributed by atoms with van der Waals surface area (Å²) in [4.78, 5) is 31.3. The summed E-state index contributed by atoms with van der Waals surface area (Å²) in [5.74, 6) is 0.333. The average Bonchev–Trinajstić information content (AvgIpc) is 3.53. The van der Waals surface area contributed by atoms with E-state index in [1.165, 1.54) is 11.1 Å². The number of carboxylic acid groups (broad SMARTS) is 1. The molecule has 1 amide bonds. The van der Waals surface area contributed by atoms with Crippen LogP contribution in [0.3, 0.4) is 0 Å². The molecule has 43 heavy (non-hydrogen) atoms. The minimum atomic E-state index is -0.952. The molecule has 234 valence electrons. The molecular weight excluding hydrogens is 628 g/mol. The minimum Gasteiger partial charge on any atom is -0.496 e. The van der Waals surface area contributed by atoms with Gasteiger partial charge in [0.05, 0.1) is 40.1 Å². The van der Waals surface area contributed by atoms with Crippen molar-refractivity contribution in [2.24, 2.45) is 0 Å². The number of hydrogen-bond donors (Lipinski definition) is 1. The van der Waals surface area contributed by atoms with Gasteiger partial charge in [-0.25, -0.2) is 4.98 Å². The van der Waals surface area contributed by atoms with E-state index in [0.29, 0.717) is 29.2 Å². The lowest BCUT2D eigenvalue weighted by Gasteiger charge is -2.32. The normalized spacial score (nSPS) is 14.8. The topological polar surface area (TPSA) is 97.6 Å². The Morgan fingerprint density at radius 2 is 1.79 bits per heavy atom. The maximum Gasteiger partial charge on any atom is 0.309 e. The molecule has 0 atom stereocenters. The number of likely N-dealkylation sites (tertiary alicyclic amines) is 1. The van der Waals surface area contributed by atoms with E-state index >= 15 is 0 Å². The van der Waals surface area contributed by atoms with Gasteiger partial charge in [-0.2, -0.15) is 5.10 Å². The fraction of sp³-hybridized carbons (Fsp3) is 0.576. The monoisotopic (exact) mass is 672 g/mol. The fourth-order valence-electron chi connectivity index (χ4n) is 6.02. The van der Waals surface area contributed by atoms with Crippen LogP contribution < -0.4 is 4.74 Å². The van der Waals surface area contributed by atoms with Gasteiger partial charge >= 0.3 is 5.97 Å². The molecule has 0 aliphatic carbocycles. The van der Waals surface area contributed by atoms with Crippen molar-refractivity contribution in [3.05, 3.63) is 49.5 Å². The summed E-state index contributed by atoms with van der Waals surface area (Å²) < 4.78 is 8.29. The summed E-state index contributed by atoms with van der Waals surface area (Å²) in [5, 5.41) is 16.8. The van der Waals surface area contributed by atoms with Crippen molar-refractivity contribution in [1.82, 2.24) is 19.7 Å². The van der Waals surface area contributed by atoms with E-state index in [2.05, 4.69) is 80.1 Å². The van der Waals surface area contributed by atoms with Crippen LogP contribution in [0, 0.1) is 6.92 Å². The molecule has 10 heteroatoms. The van der Waals surface area contributed by atoms with Crippen molar-refractivity contribution in [3.63, 3.8) is 0 Å². The fourth-order valence-corrected chi connectivity index (χ4v) is 7.45. The third kappa shape index (κ3) is 7.33. The van der Waals surface area contributed by atoms with Gasteiger partial charge in [-0.1, -0.05) is 48.0 Å². The van der Waals surface area contributed by atoms with Gasteiger partial charge in [0.15, 0.2) is 0 Å². The SMILES string of the molecule is CCCC(C)(C)c1cc(-c2csc(C3CCN(C(=O)Cn4nc(CC(=O)O)c(Br)c4C)CC3)n2)cc(C(C)(C)C)c1OC. The Morgan fingerprint density at radius 3 is 2.37 bits per heavy atom. The van der Waals surface area contributed by atoms with Crippen LogP contribution in [0.2, 0.25) is 0 Å². The third-order valence-electron chi connectivity index (χ3n) is 8.52. The molecule has 1 N–H and O–H groups in total. The lowest BCUT2D eigenvalue weighted by atomic mass is 9.75. The maximum atomic E-state index is 13.1. The van der Waals surface area contributed by atoms with Gasteiger partial charge in [0.25, 0.3) is 0 Å². The van der Waals surface area contributed by atoms with E-state index in [1.807, 2.05) is 11.8 Å². The second-order valence-corrected chi connectivity index (χ2v) is 15.0. The van der Waals surface area contributed by atoms with E-state index in [-0.39, 0.29) is 29.7 Å². The smallest absolute Gasteiger partial charge is 0.309 e. The van der Waals surface area contributed by atoms with Crippen molar-refractivity contribution in [3.8, 4) is 17.0 Å². The summed E-state index contributed by atoms with van der Waals surface area (Å²) in [6.07, 6.45) is 3.69. The van der Waals surface area contributed by atoms with E-state index in [9.17, 15) is 9.59 Å². The number of carbonyl (C=O) groups is 2. The molecule has 0 unspecified atom stereocenters. The lowest BCUT2D eigenvalue weighted by molar-refractivity contribution is -0.136. The first kappa shape index (κ1) is 33.2. The summed E-state index contributed by atoms with van der Waals surface area (Å²) in [5.41, 5.74) is 5.63. The molecule has 3 aromatic rings. The number of benzene rings is 1. The quantitative estimate of drug-likeness (QED) is 0.240. The predicted octanol–water partition coefficient (Wildman–Crippen LogP) is 7.49. The highest BCUT2D eigenvalue weighted by Crippen LogP contribution is 2.44. The number of halogens is 1. The predicted molar refractivity (Wildman–Crippen MR) is 175 cm³/mol. The second kappa shape index (κ2) is 13.1. The van der Waals surface area contributed by atoms with E-state index in [4.69, 9.17) is 14.8 Å². The first-order chi connectivity index (χ1) is 20.2. The zero-order valence-electron chi connectivity index (χ0n) is 26.7. The van der Waals surface area contributed by atoms with Crippen LogP contribution in [0.4, 0.5) is 0 Å². The van der Waals surface area contributed by atoms with E-state index < -0.39 is 5.97 Å². The zero-order valence-corrected chi connectivity index (χ0v) is 29.1. The Balaban J connectivity index is 1.50. The first-order valence-corrected chi connectivity index (χ1v) is 16.7. The van der Waals surface area contributed by atoms with Crippen LogP contribution >= 0.6 is 27.3 Å². The number of methoxy groups -OCH3 is 1. The number of carbonyl (C=O) groups excluding carboxylic acids is 1. The van der Waals surface area contributed by atoms with Crippen LogP contribution in [-0.4, -0.2) is 56.8 Å². The summed E-state index contributed by atoms with van der Waals surface area (Å²) in [6.45, 7) is 16.8. The molecular formula is C33H45BrN4O4S. The van der Waals surface area contributed by atoms with Crippen LogP contribution in [0.1, 0.15) is 101 Å². The average molecular weight is 674 g/mol. The number of hydrogen-bond acceptors (Lipinski definition) is 6. The first-order valence-electron chi connectivity index (χ1n) is 15.1. The number of rotatable bonds is 10. The molecule has 0 radical (unpaired) electrons. The van der Waals surface area contributed by atoms with Crippen LogP contribution in [-0.2, 0) is 33.4 Å². The van der Waals surface area contributed by atoms with Gasteiger partial charge in [-0.05, 0) is 65.1 Å². The lowest BCUT2D eigenvalue weighted by Crippen LogP contribution is -2.40. The Hall–Kier alpha value is -2.72. The molecule has 0 saturated carbocycles. The molecule has 4 rings (SSSR count). The number of piperidine rings is 1. The Kier molecular flexibility index (Phi) is 10.1. The second-order valence-electron chi connectivity index (χ2n) is 13.3. The molecule has 1 aromatic carbocycles. The number of aromatic nitrogens is 3. The van der Waals surface area contributed by atoms with Gasteiger partial charge in [-0.15, -0.1) is 11.3 Å². The summed E-state index contributed by atoms with van der Waals surface area (Å²) in [7, 11) is 1.78. The molecule has 8 nitrogen and oxygen atoms in total. The third-order valence-corrected chi connectivity index (χ3v) is 10.6. The molecule has 2 aromatic heterocycles. The Morgan fingerprint density at radius 1 is 1.14 bits per heavy atom. The van der Waals surface area contributed by atoms with Gasteiger partial charge in [-0.3, -0.25) is 14.3 Å². The maximum absolute atomic E-state index is 13.1. The molecule has 1 aliphatic rings. The summed E-state index contributed by atoms with van der Waals surface area (Å²) >= 11 is 5.13. The minimum absolute atomic E-state index is 0.00609. The molecule has 0 spiro atoms. The van der Waals surface area contributed by atoms with Crippen LogP contribution in [0.25, 0.3) is 11.3 Å². The highest BCUT2D eigenvalue weighted by atomic mass is 79.9. The van der Waals surface area contributed by atoms with Crippen molar-refractivity contribution in [2.75, 3.05) is 20.2 Å². The molecule has 1 aliphatic heterocycles. The number of carboxylic acids is 1. The van der Waals surface area contributed by atoms with Crippen LogP contribution in [0.5, 0.6) is 5.75 Å². The zero-order chi connectivity index (χ0) is 31.7. The number of amides is 1. The van der Waals surface area contributed by atoms with Crippen molar-refractivity contribution in [2.45, 2.75) is 104 Å². The van der Waals surface area contributed by atoms with E-state index in [1.54, 1.807) is 23.1 Å². The Bertz CT molecular complexity index is 1480. The highest BCUT2D eigenvalue weighted by Gasteiger charge is 2.31. The standard InChI is InChI=1S/C33H45BrN4O4S/c1-9-12-33(6,7)24-16-22(15-23(30(24)42-8)32(3,4)5)26-19-43-31(35-26)21-10-13-37(14-11-21)27(39)18-38-20(2)29(34)25(36-38)17-28(40)41/h15-16,19,21H,9-14,17-18H2,1-8H3,(H,40,41). The molecule has 1 saturated heterocycles. The largest absolute Gasteiger partial charge is 0.496 e. The van der Waals surface area contributed by atoms with Gasteiger partial charge in [0, 0.05) is 41.1 Å². The van der Waals surface area contributed by atoms with Gasteiger partial charge in [0.2, 0.25) is 5.91 Å². The number of ether oxygens (including phenoxy) is 1. The summed E-state index contributed by atoms with van der Waals surface area (Å²) in [6, 6.07) is 4.53. The number of thiazole rings is 1. The van der Waals surface area contributed by atoms with Gasteiger partial charge in [0.1, 0.15) is 12.3 Å². The van der Waals surface area contributed by atoms with Crippen molar-refractivity contribution < 1.29 is 19.4 Å². The molecule has 3 heterocycles. The van der Waals surface area contributed by atoms with Crippen molar-refractivity contribution >= 4 is 39.1 Å². The van der Waals surface area contributed by atoms with Gasteiger partial charge < -0.3 is 14.7 Å². The highest BCUT2D eigenvalue weighted by molar-refractivity contribution is 9.10. The molecule has 1 fully saturated rings. The van der Waals surface area contributed by atoms with E-state index in [0.717, 1.165) is 53.4 Å².